The minimum absolute atomic E-state index is 0.0486. The third-order valence-electron chi connectivity index (χ3n) is 3.15. The lowest BCUT2D eigenvalue weighted by molar-refractivity contribution is -0.143. The van der Waals surface area contributed by atoms with Crippen LogP contribution in [0.4, 0.5) is 0 Å². The predicted octanol–water partition coefficient (Wildman–Crippen LogP) is 0.410. The van der Waals surface area contributed by atoms with Gasteiger partial charge in [-0.3, -0.25) is 14.4 Å². The van der Waals surface area contributed by atoms with Crippen LogP contribution in [0.5, 0.6) is 0 Å². The van der Waals surface area contributed by atoms with Gasteiger partial charge in [0.2, 0.25) is 11.8 Å². The van der Waals surface area contributed by atoms with Gasteiger partial charge in [-0.25, -0.2) is 0 Å². The number of hydrogen-bond acceptors (Lipinski definition) is 4. The van der Waals surface area contributed by atoms with Crippen LogP contribution in [-0.2, 0) is 19.1 Å². The molecule has 6 nitrogen and oxygen atoms in total. The highest BCUT2D eigenvalue weighted by Crippen LogP contribution is 2.07. The second kappa shape index (κ2) is 7.76. The van der Waals surface area contributed by atoms with Crippen LogP contribution in [0.25, 0.3) is 0 Å². The van der Waals surface area contributed by atoms with Crippen LogP contribution in [0.3, 0.4) is 0 Å². The Bertz CT molecular complexity index is 336. The van der Waals surface area contributed by atoms with E-state index in [2.05, 4.69) is 0 Å². The van der Waals surface area contributed by atoms with Gasteiger partial charge in [0.1, 0.15) is 0 Å². The average molecular weight is 270 g/mol. The molecule has 108 valence electrons. The van der Waals surface area contributed by atoms with Gasteiger partial charge in [0, 0.05) is 45.9 Å². The number of amides is 2. The molecule has 19 heavy (non-hydrogen) atoms. The van der Waals surface area contributed by atoms with Gasteiger partial charge in [0.25, 0.3) is 0 Å². The Kier molecular flexibility index (Phi) is 6.32. The molecule has 0 aromatic rings. The zero-order valence-electron chi connectivity index (χ0n) is 11.7. The maximum absolute atomic E-state index is 11.9. The van der Waals surface area contributed by atoms with E-state index in [-0.39, 0.29) is 24.2 Å². The Labute approximate surface area is 113 Å². The Morgan fingerprint density at radius 3 is 2.11 bits per heavy atom. The second-order valence-electron chi connectivity index (χ2n) is 4.55. The standard InChI is InChI=1S/C13H22N2O4/c1-3-19-13(18)6-4-5-12(17)15-9-7-14(8-10-15)11(2)16/h3-10H2,1-2H3. The monoisotopic (exact) mass is 270 g/mol. The molecule has 0 saturated carbocycles. The fraction of sp³-hybridized carbons (Fsp3) is 0.769. The van der Waals surface area contributed by atoms with Crippen LogP contribution < -0.4 is 0 Å². The number of rotatable bonds is 5. The molecule has 2 amide bonds. The molecule has 0 aromatic carbocycles. The van der Waals surface area contributed by atoms with Gasteiger partial charge in [0.05, 0.1) is 6.61 Å². The van der Waals surface area contributed by atoms with Crippen molar-refractivity contribution >= 4 is 17.8 Å². The quantitative estimate of drug-likeness (QED) is 0.679. The van der Waals surface area contributed by atoms with Gasteiger partial charge >= 0.3 is 5.97 Å². The third kappa shape index (κ3) is 5.28. The van der Waals surface area contributed by atoms with Crippen molar-refractivity contribution in [3.8, 4) is 0 Å². The van der Waals surface area contributed by atoms with E-state index in [1.807, 2.05) is 0 Å². The molecular weight excluding hydrogens is 248 g/mol. The van der Waals surface area contributed by atoms with Crippen molar-refractivity contribution in [1.82, 2.24) is 9.80 Å². The van der Waals surface area contributed by atoms with Crippen LogP contribution in [0.15, 0.2) is 0 Å². The molecular formula is C13H22N2O4. The van der Waals surface area contributed by atoms with Crippen LogP contribution in [0.1, 0.15) is 33.1 Å². The Morgan fingerprint density at radius 1 is 1.00 bits per heavy atom. The fourth-order valence-electron chi connectivity index (χ4n) is 2.05. The lowest BCUT2D eigenvalue weighted by Crippen LogP contribution is -2.50. The van der Waals surface area contributed by atoms with Crippen molar-refractivity contribution in [2.75, 3.05) is 32.8 Å². The molecule has 1 heterocycles. The molecule has 0 unspecified atom stereocenters. The summed E-state index contributed by atoms with van der Waals surface area (Å²) in [6.45, 7) is 6.03. The first-order chi connectivity index (χ1) is 9.04. The van der Waals surface area contributed by atoms with Crippen molar-refractivity contribution in [3.63, 3.8) is 0 Å². The van der Waals surface area contributed by atoms with Gasteiger partial charge in [0.15, 0.2) is 0 Å². The highest BCUT2D eigenvalue weighted by Gasteiger charge is 2.21. The van der Waals surface area contributed by atoms with E-state index in [9.17, 15) is 14.4 Å². The number of piperazine rings is 1. The van der Waals surface area contributed by atoms with Crippen molar-refractivity contribution in [2.45, 2.75) is 33.1 Å². The number of nitrogens with zero attached hydrogens (tertiary/aromatic N) is 2. The predicted molar refractivity (Wildman–Crippen MR) is 69.3 cm³/mol. The highest BCUT2D eigenvalue weighted by molar-refractivity contribution is 5.78. The average Bonchev–Trinajstić information content (AvgIpc) is 2.39. The smallest absolute Gasteiger partial charge is 0.305 e. The molecule has 1 saturated heterocycles. The van der Waals surface area contributed by atoms with Crippen molar-refractivity contribution in [1.29, 1.82) is 0 Å². The van der Waals surface area contributed by atoms with Crippen LogP contribution in [0.2, 0.25) is 0 Å². The van der Waals surface area contributed by atoms with Crippen LogP contribution >= 0.6 is 0 Å². The molecule has 6 heteroatoms. The van der Waals surface area contributed by atoms with Gasteiger partial charge in [-0.15, -0.1) is 0 Å². The van der Waals surface area contributed by atoms with Gasteiger partial charge in [-0.05, 0) is 13.3 Å². The zero-order chi connectivity index (χ0) is 14.3. The first-order valence-electron chi connectivity index (χ1n) is 6.73. The SMILES string of the molecule is CCOC(=O)CCCC(=O)N1CCN(C(C)=O)CC1. The van der Waals surface area contributed by atoms with Crippen molar-refractivity contribution in [2.24, 2.45) is 0 Å². The van der Waals surface area contributed by atoms with E-state index in [1.165, 1.54) is 6.92 Å². The molecule has 0 spiro atoms. The molecule has 1 rings (SSSR count). The molecule has 0 aliphatic carbocycles. The summed E-state index contributed by atoms with van der Waals surface area (Å²) in [5, 5.41) is 0. The molecule has 1 fully saturated rings. The van der Waals surface area contributed by atoms with E-state index in [0.717, 1.165) is 0 Å². The van der Waals surface area contributed by atoms with Gasteiger partial charge < -0.3 is 14.5 Å². The highest BCUT2D eigenvalue weighted by atomic mass is 16.5. The van der Waals surface area contributed by atoms with Crippen molar-refractivity contribution < 1.29 is 19.1 Å². The Balaban J connectivity index is 2.21. The lowest BCUT2D eigenvalue weighted by Gasteiger charge is -2.34. The molecule has 1 aliphatic rings. The first kappa shape index (κ1) is 15.5. The number of hydrogen-bond donors (Lipinski definition) is 0. The molecule has 0 atom stereocenters. The first-order valence-corrected chi connectivity index (χ1v) is 6.73. The molecule has 1 aliphatic heterocycles. The van der Waals surface area contributed by atoms with E-state index in [1.54, 1.807) is 16.7 Å². The summed E-state index contributed by atoms with van der Waals surface area (Å²) in [5.41, 5.74) is 0. The minimum Gasteiger partial charge on any atom is -0.466 e. The molecule has 0 N–H and O–H groups in total. The van der Waals surface area contributed by atoms with Crippen molar-refractivity contribution in [3.05, 3.63) is 0 Å². The summed E-state index contributed by atoms with van der Waals surface area (Å²) >= 11 is 0. The topological polar surface area (TPSA) is 66.9 Å². The molecule has 0 bridgehead atoms. The van der Waals surface area contributed by atoms with E-state index in [0.29, 0.717) is 45.6 Å². The zero-order valence-corrected chi connectivity index (χ0v) is 11.7. The summed E-state index contributed by atoms with van der Waals surface area (Å²) < 4.78 is 4.80. The van der Waals surface area contributed by atoms with Gasteiger partial charge in [-0.1, -0.05) is 0 Å². The fourth-order valence-corrected chi connectivity index (χ4v) is 2.05. The maximum atomic E-state index is 11.9. The second-order valence-corrected chi connectivity index (χ2v) is 4.55. The largest absolute Gasteiger partial charge is 0.466 e. The van der Waals surface area contributed by atoms with Crippen LogP contribution in [0, 0.1) is 0 Å². The summed E-state index contributed by atoms with van der Waals surface area (Å²) in [4.78, 5) is 37.7. The molecule has 0 radical (unpaired) electrons. The summed E-state index contributed by atoms with van der Waals surface area (Å²) in [6, 6.07) is 0. The molecule has 0 aromatic heterocycles. The van der Waals surface area contributed by atoms with Crippen LogP contribution in [-0.4, -0.2) is 60.4 Å². The van der Waals surface area contributed by atoms with Gasteiger partial charge in [-0.2, -0.15) is 0 Å². The number of carbonyl (C=O) groups is 3. The van der Waals surface area contributed by atoms with E-state index in [4.69, 9.17) is 4.74 Å². The minimum atomic E-state index is -0.253. The normalized spacial score (nSPS) is 15.3. The Hall–Kier alpha value is -1.59. The number of esters is 1. The summed E-state index contributed by atoms with van der Waals surface area (Å²) in [7, 11) is 0. The number of ether oxygens (including phenoxy) is 1. The number of carbonyl (C=O) groups excluding carboxylic acids is 3. The lowest BCUT2D eigenvalue weighted by atomic mass is 10.2. The van der Waals surface area contributed by atoms with E-state index < -0.39 is 0 Å². The van der Waals surface area contributed by atoms with E-state index >= 15 is 0 Å². The third-order valence-corrected chi connectivity index (χ3v) is 3.15. The summed E-state index contributed by atoms with van der Waals surface area (Å²) in [5.74, 6) is -0.154. The summed E-state index contributed by atoms with van der Waals surface area (Å²) in [6.07, 6.45) is 1.16. The maximum Gasteiger partial charge on any atom is 0.305 e. The Morgan fingerprint density at radius 2 is 1.58 bits per heavy atom.